The highest BCUT2D eigenvalue weighted by Gasteiger charge is 2.33. The fraction of sp³-hybridized carbons (Fsp3) is 0.789. The summed E-state index contributed by atoms with van der Waals surface area (Å²) < 4.78 is 4.24. The lowest BCUT2D eigenvalue weighted by atomic mass is 9.99. The summed E-state index contributed by atoms with van der Waals surface area (Å²) in [5.74, 6) is 1.73. The average molecular weight is 407 g/mol. The molecule has 3 aliphatic rings. The van der Waals surface area contributed by atoms with Crippen LogP contribution in [0.15, 0.2) is 0 Å². The van der Waals surface area contributed by atoms with Crippen molar-refractivity contribution in [2.75, 3.05) is 50.7 Å². The van der Waals surface area contributed by atoms with Crippen LogP contribution in [-0.2, 0) is 9.59 Å². The van der Waals surface area contributed by atoms with E-state index in [1.54, 1.807) is 0 Å². The summed E-state index contributed by atoms with van der Waals surface area (Å²) >= 11 is 1.43. The SMILES string of the molecule is Cc1nsc(N2CCN(C(=O)CC[C@@H]3CN[C@H](C(=O)N4CCCC4)C3)CC2)n1. The molecule has 28 heavy (non-hydrogen) atoms. The molecular formula is C19H30N6O2S. The van der Waals surface area contributed by atoms with Gasteiger partial charge in [0.15, 0.2) is 0 Å². The largest absolute Gasteiger partial charge is 0.343 e. The van der Waals surface area contributed by atoms with E-state index in [0.29, 0.717) is 12.3 Å². The molecule has 0 unspecified atom stereocenters. The van der Waals surface area contributed by atoms with E-state index in [2.05, 4.69) is 19.6 Å². The number of carbonyl (C=O) groups excluding carboxylic acids is 2. The van der Waals surface area contributed by atoms with Crippen molar-refractivity contribution in [3.8, 4) is 0 Å². The minimum Gasteiger partial charge on any atom is -0.343 e. The highest BCUT2D eigenvalue weighted by Crippen LogP contribution is 2.23. The molecule has 1 aromatic rings. The molecule has 8 nitrogen and oxygen atoms in total. The van der Waals surface area contributed by atoms with Crippen LogP contribution in [0.3, 0.4) is 0 Å². The zero-order chi connectivity index (χ0) is 19.5. The summed E-state index contributed by atoms with van der Waals surface area (Å²) in [6, 6.07) is -0.0443. The molecule has 1 N–H and O–H groups in total. The van der Waals surface area contributed by atoms with Crippen LogP contribution >= 0.6 is 11.5 Å². The number of nitrogens with zero attached hydrogens (tertiary/aromatic N) is 5. The van der Waals surface area contributed by atoms with Gasteiger partial charge in [-0.25, -0.2) is 4.98 Å². The number of rotatable bonds is 5. The lowest BCUT2D eigenvalue weighted by Crippen LogP contribution is -2.48. The van der Waals surface area contributed by atoms with Crippen molar-refractivity contribution in [2.45, 2.75) is 45.1 Å². The third-order valence-corrected chi connectivity index (χ3v) is 6.99. The topological polar surface area (TPSA) is 81.7 Å². The fourth-order valence-electron chi connectivity index (χ4n) is 4.42. The Balaban J connectivity index is 1.17. The number of likely N-dealkylation sites (tertiary alicyclic amines) is 1. The van der Waals surface area contributed by atoms with E-state index in [4.69, 9.17) is 0 Å². The smallest absolute Gasteiger partial charge is 0.239 e. The average Bonchev–Trinajstić information content (AvgIpc) is 3.47. The first-order valence-electron chi connectivity index (χ1n) is 10.5. The van der Waals surface area contributed by atoms with Crippen molar-refractivity contribution < 1.29 is 9.59 Å². The van der Waals surface area contributed by atoms with Crippen LogP contribution in [0.5, 0.6) is 0 Å². The Kier molecular flexibility index (Phi) is 6.10. The molecular weight excluding hydrogens is 376 g/mol. The van der Waals surface area contributed by atoms with Gasteiger partial charge in [0.05, 0.1) is 6.04 Å². The van der Waals surface area contributed by atoms with E-state index in [1.165, 1.54) is 11.5 Å². The zero-order valence-electron chi connectivity index (χ0n) is 16.6. The maximum atomic E-state index is 12.6. The molecule has 9 heteroatoms. The van der Waals surface area contributed by atoms with Crippen molar-refractivity contribution in [1.29, 1.82) is 0 Å². The molecule has 4 heterocycles. The van der Waals surface area contributed by atoms with Crippen molar-refractivity contribution in [3.05, 3.63) is 5.82 Å². The Labute approximate surface area is 170 Å². The predicted octanol–water partition coefficient (Wildman–Crippen LogP) is 0.876. The van der Waals surface area contributed by atoms with E-state index in [0.717, 1.165) is 82.5 Å². The van der Waals surface area contributed by atoms with Crippen LogP contribution < -0.4 is 10.2 Å². The van der Waals surface area contributed by atoms with Gasteiger partial charge in [0, 0.05) is 57.2 Å². The number of piperazine rings is 1. The Hall–Kier alpha value is -1.74. The third kappa shape index (κ3) is 4.46. The molecule has 0 radical (unpaired) electrons. The minimum absolute atomic E-state index is 0.0443. The number of nitrogens with one attached hydrogen (secondary N) is 1. The lowest BCUT2D eigenvalue weighted by molar-refractivity contribution is -0.132. The molecule has 0 saturated carbocycles. The lowest BCUT2D eigenvalue weighted by Gasteiger charge is -2.34. The van der Waals surface area contributed by atoms with Crippen LogP contribution in [0, 0.1) is 12.8 Å². The molecule has 3 fully saturated rings. The summed E-state index contributed by atoms with van der Waals surface area (Å²) in [5.41, 5.74) is 0. The van der Waals surface area contributed by atoms with Gasteiger partial charge in [-0.05, 0) is 45.1 Å². The molecule has 3 saturated heterocycles. The number of amides is 2. The molecule has 0 aliphatic carbocycles. The van der Waals surface area contributed by atoms with Crippen LogP contribution in [0.25, 0.3) is 0 Å². The van der Waals surface area contributed by atoms with Crippen LogP contribution in [0.4, 0.5) is 5.13 Å². The molecule has 2 atom stereocenters. The number of anilines is 1. The maximum absolute atomic E-state index is 12.6. The minimum atomic E-state index is -0.0443. The van der Waals surface area contributed by atoms with Gasteiger partial charge in [0.25, 0.3) is 0 Å². The molecule has 0 spiro atoms. The normalized spacial score (nSPS) is 25.5. The summed E-state index contributed by atoms with van der Waals surface area (Å²) in [4.78, 5) is 35.7. The summed E-state index contributed by atoms with van der Waals surface area (Å²) in [5, 5.41) is 4.33. The molecule has 1 aromatic heterocycles. The molecule has 2 amide bonds. The Bertz CT molecular complexity index is 696. The number of hydrogen-bond acceptors (Lipinski definition) is 7. The molecule has 4 rings (SSSR count). The van der Waals surface area contributed by atoms with Gasteiger partial charge in [-0.15, -0.1) is 0 Å². The van der Waals surface area contributed by atoms with Crippen molar-refractivity contribution in [1.82, 2.24) is 24.5 Å². The monoisotopic (exact) mass is 406 g/mol. The number of carbonyl (C=O) groups is 2. The first-order chi connectivity index (χ1) is 13.6. The van der Waals surface area contributed by atoms with Crippen molar-refractivity contribution >= 4 is 28.5 Å². The summed E-state index contributed by atoms with van der Waals surface area (Å²) in [7, 11) is 0. The van der Waals surface area contributed by atoms with E-state index in [1.807, 2.05) is 16.7 Å². The van der Waals surface area contributed by atoms with Crippen LogP contribution in [0.2, 0.25) is 0 Å². The number of hydrogen-bond donors (Lipinski definition) is 1. The van der Waals surface area contributed by atoms with E-state index in [9.17, 15) is 9.59 Å². The van der Waals surface area contributed by atoms with Gasteiger partial charge in [0.2, 0.25) is 16.9 Å². The van der Waals surface area contributed by atoms with Gasteiger partial charge in [-0.1, -0.05) is 0 Å². The molecule has 0 aromatic carbocycles. The standard InChI is InChI=1S/C19H30N6O2S/c1-14-21-19(28-22-14)25-10-8-23(9-11-25)17(26)5-4-15-12-16(20-13-15)18(27)24-6-2-3-7-24/h15-16,20H,2-13H2,1H3/t15-,16-/m0/s1. The van der Waals surface area contributed by atoms with Gasteiger partial charge in [-0.2, -0.15) is 4.37 Å². The maximum Gasteiger partial charge on any atom is 0.239 e. The van der Waals surface area contributed by atoms with Crippen LogP contribution in [0.1, 0.15) is 37.9 Å². The summed E-state index contributed by atoms with van der Waals surface area (Å²) in [6.07, 6.45) is 4.57. The fourth-order valence-corrected chi connectivity index (χ4v) is 5.15. The second-order valence-electron chi connectivity index (χ2n) is 8.13. The van der Waals surface area contributed by atoms with Crippen molar-refractivity contribution in [3.63, 3.8) is 0 Å². The quantitative estimate of drug-likeness (QED) is 0.782. The zero-order valence-corrected chi connectivity index (χ0v) is 17.4. The van der Waals surface area contributed by atoms with Gasteiger partial charge < -0.3 is 20.0 Å². The molecule has 0 bridgehead atoms. The Morgan fingerprint density at radius 3 is 2.54 bits per heavy atom. The van der Waals surface area contributed by atoms with E-state index in [-0.39, 0.29) is 17.9 Å². The third-order valence-electron chi connectivity index (χ3n) is 6.12. The van der Waals surface area contributed by atoms with Gasteiger partial charge in [-0.3, -0.25) is 9.59 Å². The summed E-state index contributed by atoms with van der Waals surface area (Å²) in [6.45, 7) is 7.69. The van der Waals surface area contributed by atoms with Gasteiger partial charge in [0.1, 0.15) is 5.82 Å². The second kappa shape index (κ2) is 8.73. The van der Waals surface area contributed by atoms with Gasteiger partial charge >= 0.3 is 0 Å². The Morgan fingerprint density at radius 2 is 1.86 bits per heavy atom. The Morgan fingerprint density at radius 1 is 1.11 bits per heavy atom. The number of aryl methyl sites for hydroxylation is 1. The second-order valence-corrected chi connectivity index (χ2v) is 8.86. The van der Waals surface area contributed by atoms with Crippen LogP contribution in [-0.4, -0.2) is 82.8 Å². The predicted molar refractivity (Wildman–Crippen MR) is 108 cm³/mol. The van der Waals surface area contributed by atoms with E-state index < -0.39 is 0 Å². The first kappa shape index (κ1) is 19.6. The highest BCUT2D eigenvalue weighted by atomic mass is 32.1. The first-order valence-corrected chi connectivity index (χ1v) is 11.2. The number of aromatic nitrogens is 2. The molecule has 154 valence electrons. The van der Waals surface area contributed by atoms with E-state index >= 15 is 0 Å². The molecule has 3 aliphatic heterocycles. The highest BCUT2D eigenvalue weighted by molar-refractivity contribution is 7.09. The van der Waals surface area contributed by atoms with Crippen molar-refractivity contribution in [2.24, 2.45) is 5.92 Å².